The van der Waals surface area contributed by atoms with E-state index in [1.807, 2.05) is 19.3 Å². The first-order valence-corrected chi connectivity index (χ1v) is 7.07. The summed E-state index contributed by atoms with van der Waals surface area (Å²) >= 11 is 1.69. The van der Waals surface area contributed by atoms with Gasteiger partial charge in [-0.3, -0.25) is 0 Å². The van der Waals surface area contributed by atoms with Crippen LogP contribution < -0.4 is 5.32 Å². The molecule has 94 valence electrons. The molecule has 0 aromatic carbocycles. The third kappa shape index (κ3) is 4.61. The molecule has 0 bridgehead atoms. The summed E-state index contributed by atoms with van der Waals surface area (Å²) in [4.78, 5) is 8.51. The number of rotatable bonds is 6. The van der Waals surface area contributed by atoms with E-state index < -0.39 is 0 Å². The Labute approximate surface area is 107 Å². The predicted octanol–water partition coefficient (Wildman–Crippen LogP) is 1.65. The maximum Gasteiger partial charge on any atom is 0.187 e. The van der Waals surface area contributed by atoms with E-state index in [4.69, 9.17) is 4.74 Å². The lowest BCUT2D eigenvalue weighted by Gasteiger charge is -2.09. The number of hydrogen-bond acceptors (Lipinski definition) is 5. The molecule has 17 heavy (non-hydrogen) atoms. The van der Waals surface area contributed by atoms with Gasteiger partial charge in [0.25, 0.3) is 0 Å². The highest BCUT2D eigenvalue weighted by Crippen LogP contribution is 2.12. The van der Waals surface area contributed by atoms with Crippen LogP contribution in [0.2, 0.25) is 0 Å². The summed E-state index contributed by atoms with van der Waals surface area (Å²) < 4.78 is 5.54. The molecular weight excluding hydrogens is 234 g/mol. The molecule has 0 saturated carbocycles. The molecule has 1 atom stereocenters. The molecule has 2 rings (SSSR count). The SMILES string of the molecule is Cc1cnc(SCCNCC2CCCO2)nc1. The van der Waals surface area contributed by atoms with Crippen LogP contribution in [-0.2, 0) is 4.74 Å². The molecule has 0 spiro atoms. The Kier molecular flexibility index (Phi) is 5.22. The molecule has 0 aliphatic carbocycles. The van der Waals surface area contributed by atoms with E-state index in [1.54, 1.807) is 11.8 Å². The Bertz CT molecular complexity index is 325. The fraction of sp³-hybridized carbons (Fsp3) is 0.667. The second kappa shape index (κ2) is 6.93. The highest BCUT2D eigenvalue weighted by atomic mass is 32.2. The summed E-state index contributed by atoms with van der Waals surface area (Å²) in [6.07, 6.45) is 6.54. The largest absolute Gasteiger partial charge is 0.377 e. The second-order valence-electron chi connectivity index (χ2n) is 4.23. The fourth-order valence-corrected chi connectivity index (χ4v) is 2.42. The van der Waals surface area contributed by atoms with Crippen LogP contribution in [0.25, 0.3) is 0 Å². The summed E-state index contributed by atoms with van der Waals surface area (Å²) in [5, 5.41) is 4.26. The van der Waals surface area contributed by atoms with Gasteiger partial charge in [0.1, 0.15) is 0 Å². The van der Waals surface area contributed by atoms with E-state index in [1.165, 1.54) is 12.8 Å². The molecule has 1 aliphatic rings. The minimum Gasteiger partial charge on any atom is -0.377 e. The van der Waals surface area contributed by atoms with Crippen LogP contribution in [0.1, 0.15) is 18.4 Å². The van der Waals surface area contributed by atoms with Gasteiger partial charge in [-0.1, -0.05) is 11.8 Å². The van der Waals surface area contributed by atoms with Crippen LogP contribution in [-0.4, -0.2) is 41.5 Å². The van der Waals surface area contributed by atoms with Gasteiger partial charge in [0.05, 0.1) is 6.10 Å². The highest BCUT2D eigenvalue weighted by molar-refractivity contribution is 7.99. The summed E-state index contributed by atoms with van der Waals surface area (Å²) in [5.74, 6) is 0.996. The molecule has 0 radical (unpaired) electrons. The summed E-state index contributed by atoms with van der Waals surface area (Å²) in [6, 6.07) is 0. The van der Waals surface area contributed by atoms with Gasteiger partial charge in [0.15, 0.2) is 5.16 Å². The van der Waals surface area contributed by atoms with Crippen molar-refractivity contribution in [2.24, 2.45) is 0 Å². The Morgan fingerprint density at radius 2 is 2.29 bits per heavy atom. The van der Waals surface area contributed by atoms with Gasteiger partial charge in [-0.15, -0.1) is 0 Å². The van der Waals surface area contributed by atoms with E-state index >= 15 is 0 Å². The van der Waals surface area contributed by atoms with Crippen molar-refractivity contribution in [1.82, 2.24) is 15.3 Å². The van der Waals surface area contributed by atoms with E-state index in [-0.39, 0.29) is 0 Å². The topological polar surface area (TPSA) is 47.0 Å². The van der Waals surface area contributed by atoms with Crippen LogP contribution in [0.5, 0.6) is 0 Å². The molecule has 1 saturated heterocycles. The number of thioether (sulfide) groups is 1. The van der Waals surface area contributed by atoms with Crippen LogP contribution >= 0.6 is 11.8 Å². The minimum atomic E-state index is 0.427. The van der Waals surface area contributed by atoms with Crippen molar-refractivity contribution >= 4 is 11.8 Å². The first-order chi connectivity index (χ1) is 8.34. The molecule has 1 aromatic heterocycles. The number of nitrogens with zero attached hydrogens (tertiary/aromatic N) is 2. The quantitative estimate of drug-likeness (QED) is 0.474. The smallest absolute Gasteiger partial charge is 0.187 e. The second-order valence-corrected chi connectivity index (χ2v) is 5.29. The molecule has 1 aliphatic heterocycles. The van der Waals surface area contributed by atoms with E-state index in [0.717, 1.165) is 36.2 Å². The van der Waals surface area contributed by atoms with Gasteiger partial charge in [-0.05, 0) is 25.3 Å². The molecule has 1 N–H and O–H groups in total. The van der Waals surface area contributed by atoms with Crippen molar-refractivity contribution in [3.05, 3.63) is 18.0 Å². The normalized spacial score (nSPS) is 19.7. The highest BCUT2D eigenvalue weighted by Gasteiger charge is 2.14. The van der Waals surface area contributed by atoms with Crippen LogP contribution in [0.15, 0.2) is 17.6 Å². The zero-order valence-corrected chi connectivity index (χ0v) is 11.0. The first kappa shape index (κ1) is 12.8. The third-order valence-corrected chi connectivity index (χ3v) is 3.54. The van der Waals surface area contributed by atoms with Gasteiger partial charge in [0, 0.05) is 37.8 Å². The van der Waals surface area contributed by atoms with E-state index in [0.29, 0.717) is 6.10 Å². The third-order valence-electron chi connectivity index (χ3n) is 2.66. The number of hydrogen-bond donors (Lipinski definition) is 1. The van der Waals surface area contributed by atoms with Crippen LogP contribution in [0.4, 0.5) is 0 Å². The lowest BCUT2D eigenvalue weighted by Crippen LogP contribution is -2.27. The van der Waals surface area contributed by atoms with Crippen molar-refractivity contribution in [3.8, 4) is 0 Å². The average molecular weight is 253 g/mol. The first-order valence-electron chi connectivity index (χ1n) is 6.08. The van der Waals surface area contributed by atoms with Crippen molar-refractivity contribution in [1.29, 1.82) is 0 Å². The molecule has 0 amide bonds. The Hall–Kier alpha value is -0.650. The summed E-state index contributed by atoms with van der Waals surface area (Å²) in [7, 11) is 0. The fourth-order valence-electron chi connectivity index (χ4n) is 1.74. The zero-order chi connectivity index (χ0) is 11.9. The maximum atomic E-state index is 5.54. The number of nitrogens with one attached hydrogen (secondary N) is 1. The zero-order valence-electron chi connectivity index (χ0n) is 10.2. The van der Waals surface area contributed by atoms with E-state index in [2.05, 4.69) is 15.3 Å². The Balaban J connectivity index is 1.55. The standard InChI is InChI=1S/C12H19N3OS/c1-10-7-14-12(15-8-10)17-6-4-13-9-11-3-2-5-16-11/h7-8,11,13H,2-6,9H2,1H3. The lowest BCUT2D eigenvalue weighted by atomic mass is 10.2. The Morgan fingerprint density at radius 1 is 1.47 bits per heavy atom. The van der Waals surface area contributed by atoms with E-state index in [9.17, 15) is 0 Å². The Morgan fingerprint density at radius 3 is 3.00 bits per heavy atom. The molecule has 1 aromatic rings. The van der Waals surface area contributed by atoms with Crippen molar-refractivity contribution in [3.63, 3.8) is 0 Å². The van der Waals surface area contributed by atoms with Crippen molar-refractivity contribution in [2.75, 3.05) is 25.4 Å². The minimum absolute atomic E-state index is 0.427. The van der Waals surface area contributed by atoms with Gasteiger partial charge >= 0.3 is 0 Å². The van der Waals surface area contributed by atoms with Gasteiger partial charge in [-0.25, -0.2) is 9.97 Å². The number of ether oxygens (including phenoxy) is 1. The molecule has 2 heterocycles. The number of aryl methyl sites for hydroxylation is 1. The molecule has 1 unspecified atom stereocenters. The van der Waals surface area contributed by atoms with Gasteiger partial charge in [-0.2, -0.15) is 0 Å². The number of aromatic nitrogens is 2. The van der Waals surface area contributed by atoms with Crippen LogP contribution in [0.3, 0.4) is 0 Å². The van der Waals surface area contributed by atoms with Gasteiger partial charge in [0.2, 0.25) is 0 Å². The molecule has 4 nitrogen and oxygen atoms in total. The predicted molar refractivity (Wildman–Crippen MR) is 69.3 cm³/mol. The molecule has 5 heteroatoms. The molecule has 1 fully saturated rings. The van der Waals surface area contributed by atoms with Gasteiger partial charge < -0.3 is 10.1 Å². The maximum absolute atomic E-state index is 5.54. The summed E-state index contributed by atoms with van der Waals surface area (Å²) in [5.41, 5.74) is 1.10. The summed E-state index contributed by atoms with van der Waals surface area (Å²) in [6.45, 7) is 4.87. The molecular formula is C12H19N3OS. The average Bonchev–Trinajstić information content (AvgIpc) is 2.84. The van der Waals surface area contributed by atoms with Crippen molar-refractivity contribution in [2.45, 2.75) is 31.0 Å². The monoisotopic (exact) mass is 253 g/mol. The lowest BCUT2D eigenvalue weighted by molar-refractivity contribution is 0.110. The van der Waals surface area contributed by atoms with Crippen LogP contribution in [0, 0.1) is 6.92 Å². The van der Waals surface area contributed by atoms with Crippen molar-refractivity contribution < 1.29 is 4.74 Å².